The first-order chi connectivity index (χ1) is 13.3. The lowest BCUT2D eigenvalue weighted by Gasteiger charge is -2.39. The van der Waals surface area contributed by atoms with Crippen molar-refractivity contribution in [3.63, 3.8) is 0 Å². The van der Waals surface area contributed by atoms with Gasteiger partial charge in [0.25, 0.3) is 5.91 Å². The summed E-state index contributed by atoms with van der Waals surface area (Å²) < 4.78 is 5.47. The number of morpholine rings is 1. The Labute approximate surface area is 161 Å². The molecule has 1 amide bonds. The zero-order valence-electron chi connectivity index (χ0n) is 15.8. The van der Waals surface area contributed by atoms with E-state index in [2.05, 4.69) is 28.0 Å². The van der Waals surface area contributed by atoms with Crippen LogP contribution in [-0.2, 0) is 4.74 Å². The Morgan fingerprint density at radius 1 is 0.926 bits per heavy atom. The zero-order valence-corrected chi connectivity index (χ0v) is 15.8. The molecule has 4 heteroatoms. The maximum atomic E-state index is 13.3. The van der Waals surface area contributed by atoms with Crippen LogP contribution < -0.4 is 0 Å². The molecule has 0 saturated carbocycles. The molecule has 2 aromatic carbocycles. The van der Waals surface area contributed by atoms with Crippen LogP contribution in [0.1, 0.15) is 29.6 Å². The minimum Gasteiger partial charge on any atom is -0.379 e. The van der Waals surface area contributed by atoms with Gasteiger partial charge in [0, 0.05) is 37.8 Å². The first-order valence-electron chi connectivity index (χ1n) is 10.1. The monoisotopic (exact) mass is 364 g/mol. The number of carbonyl (C=O) groups excluding carboxylic acids is 1. The molecule has 2 heterocycles. The van der Waals surface area contributed by atoms with E-state index in [4.69, 9.17) is 4.74 Å². The Hall–Kier alpha value is -2.17. The van der Waals surface area contributed by atoms with Crippen molar-refractivity contribution in [2.24, 2.45) is 0 Å². The van der Waals surface area contributed by atoms with Crippen molar-refractivity contribution in [1.29, 1.82) is 0 Å². The number of benzene rings is 2. The Kier molecular flexibility index (Phi) is 5.85. The van der Waals surface area contributed by atoms with E-state index < -0.39 is 0 Å². The average molecular weight is 364 g/mol. The first-order valence-corrected chi connectivity index (χ1v) is 10.1. The van der Waals surface area contributed by atoms with Crippen LogP contribution in [0.4, 0.5) is 0 Å². The van der Waals surface area contributed by atoms with Crippen molar-refractivity contribution in [3.8, 4) is 11.1 Å². The van der Waals surface area contributed by atoms with Gasteiger partial charge in [-0.05, 0) is 42.5 Å². The average Bonchev–Trinajstić information content (AvgIpc) is 2.75. The molecular weight excluding hydrogens is 336 g/mol. The lowest BCUT2D eigenvalue weighted by molar-refractivity contribution is 0.0166. The van der Waals surface area contributed by atoms with Crippen LogP contribution >= 0.6 is 0 Å². The van der Waals surface area contributed by atoms with Crippen LogP contribution in [0.3, 0.4) is 0 Å². The molecule has 0 spiro atoms. The maximum Gasteiger partial charge on any atom is 0.254 e. The summed E-state index contributed by atoms with van der Waals surface area (Å²) >= 11 is 0. The van der Waals surface area contributed by atoms with E-state index in [0.29, 0.717) is 6.04 Å². The Morgan fingerprint density at radius 3 is 2.52 bits per heavy atom. The van der Waals surface area contributed by atoms with E-state index in [1.807, 2.05) is 36.4 Å². The summed E-state index contributed by atoms with van der Waals surface area (Å²) in [5.41, 5.74) is 3.05. The van der Waals surface area contributed by atoms with Crippen LogP contribution in [0.2, 0.25) is 0 Å². The molecule has 0 bridgehead atoms. The number of rotatable bonds is 4. The maximum absolute atomic E-state index is 13.3. The molecule has 2 fully saturated rings. The van der Waals surface area contributed by atoms with Crippen molar-refractivity contribution in [3.05, 3.63) is 60.2 Å². The molecule has 2 aromatic rings. The molecular formula is C23H28N2O2. The highest BCUT2D eigenvalue weighted by Gasteiger charge is 2.29. The molecule has 0 aromatic heterocycles. The normalized spacial score (nSPS) is 21.2. The van der Waals surface area contributed by atoms with Crippen LogP contribution in [0.15, 0.2) is 54.6 Å². The molecule has 2 aliphatic heterocycles. The molecule has 2 saturated heterocycles. The number of ether oxygens (including phenoxy) is 1. The lowest BCUT2D eigenvalue weighted by atomic mass is 9.98. The number of amides is 1. The zero-order chi connectivity index (χ0) is 18.5. The summed E-state index contributed by atoms with van der Waals surface area (Å²) in [6.45, 7) is 5.39. The minimum absolute atomic E-state index is 0.172. The topological polar surface area (TPSA) is 32.8 Å². The standard InChI is InChI=1S/C23H28N2O2/c26-23(21-10-6-9-20(17-21)19-7-2-1-3-8-19)25-12-5-4-11-22(25)18-24-13-15-27-16-14-24/h1-3,6-10,17,22H,4-5,11-16,18H2/t22-/m1/s1. The molecule has 1 atom stereocenters. The molecule has 2 aliphatic rings. The quantitative estimate of drug-likeness (QED) is 0.830. The number of hydrogen-bond donors (Lipinski definition) is 0. The molecule has 0 radical (unpaired) electrons. The summed E-state index contributed by atoms with van der Waals surface area (Å²) in [5, 5.41) is 0. The third-order valence-corrected chi connectivity index (χ3v) is 5.68. The summed E-state index contributed by atoms with van der Waals surface area (Å²) in [6, 6.07) is 18.6. The van der Waals surface area contributed by atoms with E-state index in [9.17, 15) is 4.79 Å². The van der Waals surface area contributed by atoms with Crippen molar-refractivity contribution in [1.82, 2.24) is 9.80 Å². The second kappa shape index (κ2) is 8.68. The predicted octanol–water partition coefficient (Wildman–Crippen LogP) is 3.68. The first kappa shape index (κ1) is 18.2. The van der Waals surface area contributed by atoms with Gasteiger partial charge in [0.05, 0.1) is 13.2 Å². The predicted molar refractivity (Wildman–Crippen MR) is 108 cm³/mol. The van der Waals surface area contributed by atoms with Gasteiger partial charge in [-0.2, -0.15) is 0 Å². The Morgan fingerprint density at radius 2 is 1.70 bits per heavy atom. The Bertz CT molecular complexity index is 756. The van der Waals surface area contributed by atoms with Gasteiger partial charge < -0.3 is 9.64 Å². The number of carbonyl (C=O) groups is 1. The van der Waals surface area contributed by atoms with E-state index in [-0.39, 0.29) is 5.91 Å². The Balaban J connectivity index is 1.51. The lowest BCUT2D eigenvalue weighted by Crippen LogP contribution is -2.51. The molecule has 4 nitrogen and oxygen atoms in total. The fraction of sp³-hybridized carbons (Fsp3) is 0.435. The second-order valence-corrected chi connectivity index (χ2v) is 7.51. The molecule has 27 heavy (non-hydrogen) atoms. The number of hydrogen-bond acceptors (Lipinski definition) is 3. The highest BCUT2D eigenvalue weighted by atomic mass is 16.5. The summed E-state index contributed by atoms with van der Waals surface area (Å²) in [7, 11) is 0. The van der Waals surface area contributed by atoms with Crippen LogP contribution in [0.25, 0.3) is 11.1 Å². The molecule has 142 valence electrons. The fourth-order valence-corrected chi connectivity index (χ4v) is 4.17. The van der Waals surface area contributed by atoms with Gasteiger partial charge in [-0.25, -0.2) is 0 Å². The van der Waals surface area contributed by atoms with Gasteiger partial charge >= 0.3 is 0 Å². The highest BCUT2D eigenvalue weighted by molar-refractivity contribution is 5.95. The van der Waals surface area contributed by atoms with Crippen LogP contribution in [-0.4, -0.2) is 61.1 Å². The van der Waals surface area contributed by atoms with Gasteiger partial charge in [-0.3, -0.25) is 9.69 Å². The van der Waals surface area contributed by atoms with Gasteiger partial charge in [0.1, 0.15) is 0 Å². The highest BCUT2D eigenvalue weighted by Crippen LogP contribution is 2.24. The summed E-state index contributed by atoms with van der Waals surface area (Å²) in [5.74, 6) is 0.172. The van der Waals surface area contributed by atoms with Gasteiger partial charge in [0.15, 0.2) is 0 Å². The summed E-state index contributed by atoms with van der Waals surface area (Å²) in [6.07, 6.45) is 3.41. The third kappa shape index (κ3) is 4.40. The van der Waals surface area contributed by atoms with Gasteiger partial charge in [-0.15, -0.1) is 0 Å². The van der Waals surface area contributed by atoms with E-state index in [0.717, 1.165) is 68.9 Å². The minimum atomic E-state index is 0.172. The van der Waals surface area contributed by atoms with Crippen molar-refractivity contribution < 1.29 is 9.53 Å². The molecule has 0 N–H and O–H groups in total. The van der Waals surface area contributed by atoms with Gasteiger partial charge in [-0.1, -0.05) is 42.5 Å². The second-order valence-electron chi connectivity index (χ2n) is 7.51. The largest absolute Gasteiger partial charge is 0.379 e. The molecule has 4 rings (SSSR count). The van der Waals surface area contributed by atoms with E-state index in [1.165, 1.54) is 6.42 Å². The number of piperidine rings is 1. The van der Waals surface area contributed by atoms with Crippen molar-refractivity contribution >= 4 is 5.91 Å². The van der Waals surface area contributed by atoms with E-state index >= 15 is 0 Å². The van der Waals surface area contributed by atoms with Crippen molar-refractivity contribution in [2.75, 3.05) is 39.4 Å². The third-order valence-electron chi connectivity index (χ3n) is 5.68. The van der Waals surface area contributed by atoms with Crippen LogP contribution in [0, 0.1) is 0 Å². The molecule has 0 aliphatic carbocycles. The summed E-state index contributed by atoms with van der Waals surface area (Å²) in [4.78, 5) is 17.9. The number of nitrogens with zero attached hydrogens (tertiary/aromatic N) is 2. The SMILES string of the molecule is O=C(c1cccc(-c2ccccc2)c1)N1CCCC[C@@H]1CN1CCOCC1. The smallest absolute Gasteiger partial charge is 0.254 e. The van der Waals surface area contributed by atoms with E-state index in [1.54, 1.807) is 0 Å². The fourth-order valence-electron chi connectivity index (χ4n) is 4.17. The van der Waals surface area contributed by atoms with Crippen molar-refractivity contribution in [2.45, 2.75) is 25.3 Å². The number of likely N-dealkylation sites (tertiary alicyclic amines) is 1. The molecule has 0 unspecified atom stereocenters. The van der Waals surface area contributed by atoms with Crippen LogP contribution in [0.5, 0.6) is 0 Å². The van der Waals surface area contributed by atoms with Gasteiger partial charge in [0.2, 0.25) is 0 Å².